The van der Waals surface area contributed by atoms with Gasteiger partial charge in [0.1, 0.15) is 0 Å². The van der Waals surface area contributed by atoms with Crippen molar-refractivity contribution in [1.82, 2.24) is 0 Å². The minimum Gasteiger partial charge on any atom is -0.310 e. The Balaban J connectivity index is 1.14. The van der Waals surface area contributed by atoms with Crippen molar-refractivity contribution < 1.29 is 0 Å². The van der Waals surface area contributed by atoms with Crippen LogP contribution < -0.4 is 9.80 Å². The Bertz CT molecular complexity index is 3380. The molecule has 0 aliphatic heterocycles. The summed E-state index contributed by atoms with van der Waals surface area (Å²) in [6, 6.07) is 97.7. The molecule has 0 bridgehead atoms. The summed E-state index contributed by atoms with van der Waals surface area (Å²) >= 11 is 0. The van der Waals surface area contributed by atoms with Crippen molar-refractivity contribution in [2.75, 3.05) is 9.80 Å². The lowest BCUT2D eigenvalue weighted by molar-refractivity contribution is 0.769. The van der Waals surface area contributed by atoms with Gasteiger partial charge in [-0.1, -0.05) is 188 Å². The third kappa shape index (κ3) is 6.50. The van der Waals surface area contributed by atoms with Crippen molar-refractivity contribution in [3.8, 4) is 22.3 Å². The Hall–Kier alpha value is -8.46. The van der Waals surface area contributed by atoms with Gasteiger partial charge in [-0.3, -0.25) is 0 Å². The highest BCUT2D eigenvalue weighted by molar-refractivity contribution is 6.10. The monoisotopic (exact) mass is 828 g/mol. The van der Waals surface area contributed by atoms with Crippen molar-refractivity contribution in [2.45, 2.75) is 5.41 Å². The van der Waals surface area contributed by atoms with Gasteiger partial charge in [-0.05, 0) is 145 Å². The van der Waals surface area contributed by atoms with E-state index in [4.69, 9.17) is 0 Å². The largest absolute Gasteiger partial charge is 0.310 e. The number of hydrogen-bond acceptors (Lipinski definition) is 2. The summed E-state index contributed by atoms with van der Waals surface area (Å²) in [7, 11) is 0. The molecule has 0 N–H and O–H groups in total. The molecule has 1 aliphatic carbocycles. The third-order valence-electron chi connectivity index (χ3n) is 13.2. The second-order valence-corrected chi connectivity index (χ2v) is 16.9. The summed E-state index contributed by atoms with van der Waals surface area (Å²) in [6.45, 7) is 0. The zero-order chi connectivity index (χ0) is 43.2. The number of nitrogens with zero attached hydrogens (tertiary/aromatic N) is 2. The molecule has 0 atom stereocenters. The maximum absolute atomic E-state index is 2.50. The third-order valence-corrected chi connectivity index (χ3v) is 13.2. The number of para-hydroxylation sites is 3. The topological polar surface area (TPSA) is 6.48 Å². The van der Waals surface area contributed by atoms with E-state index in [9.17, 15) is 0 Å². The molecule has 0 amide bonds. The average molecular weight is 829 g/mol. The van der Waals surface area contributed by atoms with Crippen LogP contribution in [0.25, 0.3) is 43.8 Å². The van der Waals surface area contributed by atoms with E-state index in [0.29, 0.717) is 0 Å². The first-order valence-corrected chi connectivity index (χ1v) is 22.4. The minimum atomic E-state index is -0.606. The predicted octanol–water partition coefficient (Wildman–Crippen LogP) is 17.0. The zero-order valence-corrected chi connectivity index (χ0v) is 35.8. The summed E-state index contributed by atoms with van der Waals surface area (Å²) in [5.74, 6) is 0. The second kappa shape index (κ2) is 16.0. The minimum absolute atomic E-state index is 0.606. The molecule has 0 saturated carbocycles. The molecule has 65 heavy (non-hydrogen) atoms. The van der Waals surface area contributed by atoms with Gasteiger partial charge in [-0.15, -0.1) is 0 Å². The molecule has 11 aromatic rings. The van der Waals surface area contributed by atoms with Crippen molar-refractivity contribution in [1.29, 1.82) is 0 Å². The lowest BCUT2D eigenvalue weighted by Gasteiger charge is -2.35. The molecule has 0 radical (unpaired) electrons. The highest BCUT2D eigenvalue weighted by atomic mass is 15.2. The first-order chi connectivity index (χ1) is 32.2. The van der Waals surface area contributed by atoms with Crippen LogP contribution in [0.3, 0.4) is 0 Å². The number of anilines is 6. The Morgan fingerprint density at radius 3 is 1.28 bits per heavy atom. The summed E-state index contributed by atoms with van der Waals surface area (Å²) in [6.07, 6.45) is 0. The van der Waals surface area contributed by atoms with Gasteiger partial charge in [-0.25, -0.2) is 0 Å². The van der Waals surface area contributed by atoms with Crippen molar-refractivity contribution in [3.63, 3.8) is 0 Å². The van der Waals surface area contributed by atoms with E-state index in [2.05, 4.69) is 277 Å². The first-order valence-electron chi connectivity index (χ1n) is 22.4. The van der Waals surface area contributed by atoms with E-state index < -0.39 is 5.41 Å². The molecule has 0 saturated heterocycles. The summed E-state index contributed by atoms with van der Waals surface area (Å²) in [5.41, 5.74) is 15.7. The van der Waals surface area contributed by atoms with Gasteiger partial charge in [0, 0.05) is 34.1 Å². The van der Waals surface area contributed by atoms with Crippen LogP contribution in [0.5, 0.6) is 0 Å². The fraction of sp³-hybridized carbons (Fsp3) is 0.0159. The fourth-order valence-electron chi connectivity index (χ4n) is 10.4. The number of benzene rings is 11. The van der Waals surface area contributed by atoms with Crippen LogP contribution in [0.1, 0.15) is 22.3 Å². The molecule has 12 rings (SSSR count). The molecule has 0 heterocycles. The summed E-state index contributed by atoms with van der Waals surface area (Å²) in [5, 5.41) is 5.02. The van der Waals surface area contributed by atoms with E-state index in [-0.39, 0.29) is 0 Å². The van der Waals surface area contributed by atoms with Crippen LogP contribution in [-0.2, 0) is 5.41 Å². The quantitative estimate of drug-likeness (QED) is 0.134. The predicted molar refractivity (Wildman–Crippen MR) is 274 cm³/mol. The Kier molecular flexibility index (Phi) is 9.43. The SMILES string of the molecule is c1ccc(-c2cc(N(c3ccccc3)c3ccccc3)cc(N(c3ccccc3)c3ccc4c(c3)C(c3ccccc3)(c3ccccc3)c3cc5c(ccc6ccccc65)cc3-4)c2)cc1. The molecule has 0 aromatic heterocycles. The molecular weight excluding hydrogens is 785 g/mol. The lowest BCUT2D eigenvalue weighted by atomic mass is 9.67. The Morgan fingerprint density at radius 2 is 0.708 bits per heavy atom. The van der Waals surface area contributed by atoms with Gasteiger partial charge in [-0.2, -0.15) is 0 Å². The van der Waals surface area contributed by atoms with E-state index in [1.165, 1.54) is 54.9 Å². The van der Waals surface area contributed by atoms with Crippen molar-refractivity contribution in [2.24, 2.45) is 0 Å². The van der Waals surface area contributed by atoms with E-state index in [1.807, 2.05) is 0 Å². The average Bonchev–Trinajstić information content (AvgIpc) is 3.67. The van der Waals surface area contributed by atoms with Crippen LogP contribution in [-0.4, -0.2) is 0 Å². The first kappa shape index (κ1) is 38.2. The fourth-order valence-corrected chi connectivity index (χ4v) is 10.4. The summed E-state index contributed by atoms with van der Waals surface area (Å²) in [4.78, 5) is 4.81. The Morgan fingerprint density at radius 1 is 0.246 bits per heavy atom. The maximum Gasteiger partial charge on any atom is 0.0714 e. The molecule has 0 fully saturated rings. The highest BCUT2D eigenvalue weighted by Crippen LogP contribution is 2.58. The van der Waals surface area contributed by atoms with Crippen LogP contribution in [0.2, 0.25) is 0 Å². The lowest BCUT2D eigenvalue weighted by Crippen LogP contribution is -2.28. The molecule has 1 aliphatic rings. The smallest absolute Gasteiger partial charge is 0.0714 e. The van der Waals surface area contributed by atoms with Gasteiger partial charge >= 0.3 is 0 Å². The van der Waals surface area contributed by atoms with E-state index >= 15 is 0 Å². The second-order valence-electron chi connectivity index (χ2n) is 16.9. The van der Waals surface area contributed by atoms with Gasteiger partial charge in [0.15, 0.2) is 0 Å². The molecule has 0 unspecified atom stereocenters. The van der Waals surface area contributed by atoms with E-state index in [0.717, 1.165) is 45.3 Å². The summed E-state index contributed by atoms with van der Waals surface area (Å²) < 4.78 is 0. The molecule has 0 spiro atoms. The molecule has 2 nitrogen and oxygen atoms in total. The Labute approximate surface area is 380 Å². The maximum atomic E-state index is 2.50. The van der Waals surface area contributed by atoms with Crippen molar-refractivity contribution in [3.05, 3.63) is 289 Å². The molecule has 11 aromatic carbocycles. The van der Waals surface area contributed by atoms with Gasteiger partial charge in [0.05, 0.1) is 5.41 Å². The van der Waals surface area contributed by atoms with Gasteiger partial charge < -0.3 is 9.80 Å². The highest BCUT2D eigenvalue weighted by Gasteiger charge is 2.46. The molecule has 2 heteroatoms. The zero-order valence-electron chi connectivity index (χ0n) is 35.8. The van der Waals surface area contributed by atoms with Crippen LogP contribution in [0.15, 0.2) is 267 Å². The van der Waals surface area contributed by atoms with Crippen LogP contribution in [0, 0.1) is 0 Å². The van der Waals surface area contributed by atoms with E-state index in [1.54, 1.807) is 0 Å². The van der Waals surface area contributed by atoms with Gasteiger partial charge in [0.2, 0.25) is 0 Å². The number of hydrogen-bond donors (Lipinski definition) is 0. The van der Waals surface area contributed by atoms with Crippen LogP contribution >= 0.6 is 0 Å². The van der Waals surface area contributed by atoms with Crippen LogP contribution in [0.4, 0.5) is 34.1 Å². The number of rotatable bonds is 9. The van der Waals surface area contributed by atoms with Crippen molar-refractivity contribution >= 4 is 55.7 Å². The molecule has 306 valence electrons. The standard InChI is InChI=1S/C63H44N2/c1-7-21-45(22-8-1)48-39-55(64(51-28-13-4-14-29-51)52-30-15-5-16-31-52)42-56(40-48)65(53-32-17-6-18-33-53)54-37-38-58-60-41-47-36-35-46-23-19-20-34-57(46)59(47)44-62(60)63(61(58)43-54,49-24-9-2-10-25-49)50-26-11-3-12-27-50/h1-44H. The van der Waals surface area contributed by atoms with Gasteiger partial charge in [0.25, 0.3) is 0 Å². The molecular formula is C63H44N2. The normalized spacial score (nSPS) is 12.4. The number of fused-ring (bicyclic) bond motifs is 6.